The summed E-state index contributed by atoms with van der Waals surface area (Å²) in [5.74, 6) is -1.31. The van der Waals surface area contributed by atoms with E-state index in [0.29, 0.717) is 17.1 Å². The molecule has 1 aliphatic heterocycles. The van der Waals surface area contributed by atoms with Crippen molar-refractivity contribution in [1.29, 1.82) is 0 Å². The summed E-state index contributed by atoms with van der Waals surface area (Å²) in [5.41, 5.74) is 1.59. The zero-order chi connectivity index (χ0) is 18.1. The second-order valence-electron chi connectivity index (χ2n) is 5.42. The standard InChI is InChI=1S/C18H12N4O4/c23-15-13(7-10-8-21-16-12(10)4-2-6-20-16)26-17(14(15)18(24)25)22-11-3-1-5-19-9-11/h1-9,22-23H,(H,24,25). The zero-order valence-corrected chi connectivity index (χ0v) is 13.2. The van der Waals surface area contributed by atoms with Crippen molar-refractivity contribution < 1.29 is 19.4 Å². The molecule has 0 spiro atoms. The number of carboxylic acids is 1. The van der Waals surface area contributed by atoms with Crippen molar-refractivity contribution >= 4 is 41.2 Å². The first-order valence-corrected chi connectivity index (χ1v) is 7.60. The summed E-state index contributed by atoms with van der Waals surface area (Å²) in [7, 11) is 0. The van der Waals surface area contributed by atoms with Gasteiger partial charge in [0.25, 0.3) is 0 Å². The molecule has 0 aliphatic carbocycles. The predicted octanol–water partition coefficient (Wildman–Crippen LogP) is 3.47. The number of aromatic hydroxyl groups is 1. The van der Waals surface area contributed by atoms with Gasteiger partial charge in [0.1, 0.15) is 0 Å². The maximum atomic E-state index is 11.5. The lowest BCUT2D eigenvalue weighted by Gasteiger charge is -2.02. The topological polar surface area (TPSA) is 121 Å². The Hall–Kier alpha value is -3.94. The Kier molecular flexibility index (Phi) is 3.70. The number of hydrogen-bond donors (Lipinski definition) is 3. The van der Waals surface area contributed by atoms with Gasteiger partial charge in [0.15, 0.2) is 22.9 Å². The number of hydrogen-bond acceptors (Lipinski definition) is 7. The van der Waals surface area contributed by atoms with Crippen molar-refractivity contribution in [3.8, 4) is 5.75 Å². The number of carbonyl (C=O) groups is 1. The van der Waals surface area contributed by atoms with Gasteiger partial charge in [0, 0.05) is 29.7 Å². The summed E-state index contributed by atoms with van der Waals surface area (Å²) in [6, 6.07) is 6.98. The summed E-state index contributed by atoms with van der Waals surface area (Å²) in [5, 5.41) is 22.6. The lowest BCUT2D eigenvalue weighted by Crippen LogP contribution is -2.00. The number of carboxylic acid groups (broad SMARTS) is 1. The summed E-state index contributed by atoms with van der Waals surface area (Å²) in [6.07, 6.45) is 7.82. The zero-order valence-electron chi connectivity index (χ0n) is 13.2. The van der Waals surface area contributed by atoms with Crippen molar-refractivity contribution in [2.75, 3.05) is 5.32 Å². The van der Waals surface area contributed by atoms with E-state index in [1.807, 2.05) is 6.07 Å². The predicted molar refractivity (Wildman–Crippen MR) is 95.1 cm³/mol. The first-order valence-electron chi connectivity index (χ1n) is 7.60. The van der Waals surface area contributed by atoms with Gasteiger partial charge in [-0.05, 0) is 30.3 Å². The number of aromatic nitrogens is 2. The molecule has 8 heteroatoms. The molecule has 0 unspecified atom stereocenters. The van der Waals surface area contributed by atoms with E-state index in [0.717, 1.165) is 5.56 Å². The molecule has 26 heavy (non-hydrogen) atoms. The minimum Gasteiger partial charge on any atom is -0.504 e. The highest BCUT2D eigenvalue weighted by Gasteiger charge is 2.26. The summed E-state index contributed by atoms with van der Waals surface area (Å²) >= 11 is 0. The van der Waals surface area contributed by atoms with Crippen molar-refractivity contribution in [2.45, 2.75) is 0 Å². The molecule has 0 radical (unpaired) electrons. The first-order chi connectivity index (χ1) is 12.6. The Morgan fingerprint density at radius 3 is 2.85 bits per heavy atom. The number of fused-ring (bicyclic) bond motifs is 1. The first kappa shape index (κ1) is 15.6. The number of furan rings is 1. The quantitative estimate of drug-likeness (QED) is 0.660. The Morgan fingerprint density at radius 1 is 1.23 bits per heavy atom. The number of nitrogens with one attached hydrogen (secondary N) is 1. The minimum absolute atomic E-state index is 0.00643. The van der Waals surface area contributed by atoms with E-state index in [4.69, 9.17) is 4.42 Å². The van der Waals surface area contributed by atoms with Gasteiger partial charge in [0.2, 0.25) is 5.88 Å². The normalized spacial score (nSPS) is 13.8. The van der Waals surface area contributed by atoms with Crippen molar-refractivity contribution in [1.82, 2.24) is 9.97 Å². The number of aliphatic imine (C=N–C) groups is 1. The van der Waals surface area contributed by atoms with Gasteiger partial charge in [-0.3, -0.25) is 4.98 Å². The highest BCUT2D eigenvalue weighted by molar-refractivity contribution is 6.21. The molecule has 1 aliphatic rings. The van der Waals surface area contributed by atoms with Crippen LogP contribution in [-0.2, 0) is 0 Å². The van der Waals surface area contributed by atoms with E-state index in [9.17, 15) is 15.0 Å². The molecule has 0 saturated carbocycles. The van der Waals surface area contributed by atoms with Gasteiger partial charge >= 0.3 is 5.97 Å². The van der Waals surface area contributed by atoms with Crippen LogP contribution in [0.4, 0.5) is 17.4 Å². The molecule has 0 bridgehead atoms. The minimum atomic E-state index is -1.32. The smallest absolute Gasteiger partial charge is 0.345 e. The van der Waals surface area contributed by atoms with Crippen LogP contribution in [0.25, 0.3) is 11.6 Å². The van der Waals surface area contributed by atoms with Gasteiger partial charge in [-0.1, -0.05) is 0 Å². The van der Waals surface area contributed by atoms with E-state index >= 15 is 0 Å². The Labute approximate surface area is 147 Å². The van der Waals surface area contributed by atoms with E-state index < -0.39 is 11.7 Å². The molecule has 3 N–H and O–H groups in total. The molecule has 4 rings (SSSR count). The number of nitrogens with zero attached hydrogens (tertiary/aromatic N) is 3. The van der Waals surface area contributed by atoms with Gasteiger partial charge in [-0.15, -0.1) is 0 Å². The Balaban J connectivity index is 1.77. The van der Waals surface area contributed by atoms with Crippen molar-refractivity contribution in [2.24, 2.45) is 4.99 Å². The monoisotopic (exact) mass is 348 g/mol. The number of anilines is 2. The third-order valence-electron chi connectivity index (χ3n) is 3.75. The number of rotatable bonds is 4. The molecule has 0 aromatic carbocycles. The number of aromatic carboxylic acids is 1. The van der Waals surface area contributed by atoms with Crippen LogP contribution in [0.2, 0.25) is 0 Å². The molecule has 3 aromatic rings. The largest absolute Gasteiger partial charge is 0.504 e. The molecule has 0 amide bonds. The van der Waals surface area contributed by atoms with Crippen LogP contribution in [-0.4, -0.2) is 32.4 Å². The fourth-order valence-corrected chi connectivity index (χ4v) is 2.57. The Morgan fingerprint density at radius 2 is 2.08 bits per heavy atom. The fraction of sp³-hybridized carbons (Fsp3) is 0. The van der Waals surface area contributed by atoms with Gasteiger partial charge in [0.05, 0.1) is 11.9 Å². The van der Waals surface area contributed by atoms with Crippen LogP contribution < -0.4 is 5.32 Å². The average Bonchev–Trinajstić information content (AvgIpc) is 3.18. The number of allylic oxidation sites excluding steroid dienone is 1. The van der Waals surface area contributed by atoms with Gasteiger partial charge < -0.3 is 19.9 Å². The van der Waals surface area contributed by atoms with Crippen molar-refractivity contribution in [3.63, 3.8) is 0 Å². The second kappa shape index (κ2) is 6.17. The van der Waals surface area contributed by atoms with Crippen LogP contribution in [0, 0.1) is 0 Å². The molecule has 0 saturated heterocycles. The van der Waals surface area contributed by atoms with E-state index in [1.165, 1.54) is 12.3 Å². The van der Waals surface area contributed by atoms with Crippen LogP contribution in [0.1, 0.15) is 21.7 Å². The lowest BCUT2D eigenvalue weighted by atomic mass is 10.1. The van der Waals surface area contributed by atoms with Crippen LogP contribution in [0.5, 0.6) is 5.75 Å². The molecule has 4 heterocycles. The van der Waals surface area contributed by atoms with E-state index in [-0.39, 0.29) is 17.2 Å². The maximum absolute atomic E-state index is 11.5. The SMILES string of the molecule is O=C(O)c1c(Nc2cccnc2)oc(C=C2C=Nc3ncccc32)c1O. The lowest BCUT2D eigenvalue weighted by molar-refractivity contribution is 0.0695. The highest BCUT2D eigenvalue weighted by Crippen LogP contribution is 2.38. The molecular formula is C18H12N4O4. The van der Waals surface area contributed by atoms with Gasteiger partial charge in [-0.25, -0.2) is 14.8 Å². The molecular weight excluding hydrogens is 336 g/mol. The summed E-state index contributed by atoms with van der Waals surface area (Å²) in [6.45, 7) is 0. The number of pyridine rings is 2. The van der Waals surface area contributed by atoms with Crippen LogP contribution in [0.15, 0.2) is 52.3 Å². The molecule has 8 nitrogen and oxygen atoms in total. The van der Waals surface area contributed by atoms with Crippen molar-refractivity contribution in [3.05, 3.63) is 59.7 Å². The average molecular weight is 348 g/mol. The molecule has 0 atom stereocenters. The Bertz CT molecular complexity index is 1050. The molecule has 0 fully saturated rings. The highest BCUT2D eigenvalue weighted by atomic mass is 16.4. The summed E-state index contributed by atoms with van der Waals surface area (Å²) in [4.78, 5) is 23.8. The fourth-order valence-electron chi connectivity index (χ4n) is 2.57. The van der Waals surface area contributed by atoms with Crippen LogP contribution in [0.3, 0.4) is 0 Å². The molecule has 3 aromatic heterocycles. The maximum Gasteiger partial charge on any atom is 0.345 e. The molecule has 128 valence electrons. The van der Waals surface area contributed by atoms with E-state index in [1.54, 1.807) is 36.8 Å². The second-order valence-corrected chi connectivity index (χ2v) is 5.42. The summed E-state index contributed by atoms with van der Waals surface area (Å²) < 4.78 is 5.56. The van der Waals surface area contributed by atoms with E-state index in [2.05, 4.69) is 20.3 Å². The van der Waals surface area contributed by atoms with Gasteiger partial charge in [-0.2, -0.15) is 0 Å². The third-order valence-corrected chi connectivity index (χ3v) is 3.75. The third kappa shape index (κ3) is 2.69. The van der Waals surface area contributed by atoms with Crippen LogP contribution >= 0.6 is 0 Å².